The molecule has 0 saturated heterocycles. The van der Waals surface area contributed by atoms with Crippen LogP contribution in [0.25, 0.3) is 0 Å². The number of H-pyrrole nitrogens is 1. The molecule has 0 aliphatic rings. The van der Waals surface area contributed by atoms with Crippen molar-refractivity contribution in [3.8, 4) is 0 Å². The van der Waals surface area contributed by atoms with Crippen LogP contribution < -0.4 is 0 Å². The molecule has 0 aliphatic carbocycles. The second-order valence-corrected chi connectivity index (χ2v) is 3.78. The summed E-state index contributed by atoms with van der Waals surface area (Å²) < 4.78 is 36.6. The van der Waals surface area contributed by atoms with Crippen LogP contribution in [0.1, 0.15) is 15.9 Å². The Morgan fingerprint density at radius 3 is 2.40 bits per heavy atom. The van der Waals surface area contributed by atoms with Gasteiger partial charge in [0.05, 0.1) is 5.56 Å². The van der Waals surface area contributed by atoms with Crippen LogP contribution in [0, 0.1) is 4.64 Å². The lowest BCUT2D eigenvalue weighted by Crippen LogP contribution is -2.15. The molecule has 2 N–H and O–H groups in total. The molecule has 0 aliphatic heterocycles. The predicted octanol–water partition coefficient (Wildman–Crippen LogP) is 3.22. The molecule has 1 rings (SSSR count). The number of carboxylic acids is 1. The minimum atomic E-state index is -4.77. The van der Waals surface area contributed by atoms with E-state index in [0.717, 1.165) is 6.20 Å². The largest absolute Gasteiger partial charge is 0.478 e. The number of carboxylic acid groups (broad SMARTS) is 1. The lowest BCUT2D eigenvalue weighted by molar-refractivity contribution is -0.138. The van der Waals surface area contributed by atoms with E-state index in [-0.39, 0.29) is 4.47 Å². The van der Waals surface area contributed by atoms with E-state index in [2.05, 4.69) is 33.1 Å². The number of aromatic amines is 1. The number of halogens is 4. The molecule has 0 bridgehead atoms. The summed E-state index contributed by atoms with van der Waals surface area (Å²) in [4.78, 5) is 12.9. The molecule has 0 saturated carbocycles. The van der Waals surface area contributed by atoms with Gasteiger partial charge < -0.3 is 10.1 Å². The molecule has 0 radical (unpaired) electrons. The molecule has 1 heterocycles. The zero-order chi connectivity index (χ0) is 11.8. The van der Waals surface area contributed by atoms with Crippen LogP contribution in [-0.2, 0) is 6.18 Å². The number of aromatic carboxylic acids is 1. The van der Waals surface area contributed by atoms with Gasteiger partial charge in [0.15, 0.2) is 0 Å². The average molecular weight is 302 g/mol. The highest BCUT2D eigenvalue weighted by Gasteiger charge is 2.38. The smallest absolute Gasteiger partial charge is 0.418 e. The first-order chi connectivity index (χ1) is 6.75. The lowest BCUT2D eigenvalue weighted by Gasteiger charge is -2.11. The van der Waals surface area contributed by atoms with Crippen LogP contribution in [0.3, 0.4) is 0 Å². The maximum Gasteiger partial charge on any atom is 0.418 e. The summed E-state index contributed by atoms with van der Waals surface area (Å²) in [6.45, 7) is 0. The predicted molar refractivity (Wildman–Crippen MR) is 51.3 cm³/mol. The van der Waals surface area contributed by atoms with Gasteiger partial charge in [0.2, 0.25) is 0 Å². The van der Waals surface area contributed by atoms with E-state index < -0.39 is 27.9 Å². The third-order valence-electron chi connectivity index (χ3n) is 1.54. The third kappa shape index (κ3) is 2.37. The van der Waals surface area contributed by atoms with Gasteiger partial charge in [-0.05, 0) is 15.9 Å². The molecule has 1 aromatic rings. The van der Waals surface area contributed by atoms with E-state index in [1.807, 2.05) is 0 Å². The zero-order valence-electron chi connectivity index (χ0n) is 6.85. The summed E-state index contributed by atoms with van der Waals surface area (Å²) in [5.74, 6) is -1.72. The van der Waals surface area contributed by atoms with Gasteiger partial charge in [-0.25, -0.2) is 4.79 Å². The molecular weight excluding hydrogens is 299 g/mol. The van der Waals surface area contributed by atoms with Crippen molar-refractivity contribution in [2.75, 3.05) is 0 Å². The number of carbonyl (C=O) groups is 1. The zero-order valence-corrected chi connectivity index (χ0v) is 9.26. The maximum absolute atomic E-state index is 12.5. The Bertz CT molecular complexity index is 468. The number of hydrogen-bond donors (Lipinski definition) is 2. The van der Waals surface area contributed by atoms with Gasteiger partial charge in [-0.2, -0.15) is 13.2 Å². The summed E-state index contributed by atoms with van der Waals surface area (Å²) >= 11 is 7.11. The second-order valence-electron chi connectivity index (χ2n) is 2.52. The van der Waals surface area contributed by atoms with Crippen molar-refractivity contribution in [1.82, 2.24) is 4.98 Å². The molecule has 15 heavy (non-hydrogen) atoms. The van der Waals surface area contributed by atoms with Gasteiger partial charge in [0.25, 0.3) is 0 Å². The van der Waals surface area contributed by atoms with E-state index in [4.69, 9.17) is 5.11 Å². The topological polar surface area (TPSA) is 53.1 Å². The molecular formula is C7H3BrF3NO2S. The van der Waals surface area contributed by atoms with Crippen molar-refractivity contribution in [2.45, 2.75) is 6.18 Å². The third-order valence-corrected chi connectivity index (χ3v) is 2.49. The number of rotatable bonds is 1. The lowest BCUT2D eigenvalue weighted by atomic mass is 10.1. The first-order valence-electron chi connectivity index (χ1n) is 3.47. The fourth-order valence-corrected chi connectivity index (χ4v) is 1.77. The quantitative estimate of drug-likeness (QED) is 0.783. The standard InChI is InChI=1S/C7H3BrF3NO2S/c8-2-1-12-5(15)3(6(13)14)4(2)7(9,10)11/h1H,(H,12,15)(H,13,14). The molecule has 0 unspecified atom stereocenters. The number of aromatic nitrogens is 1. The van der Waals surface area contributed by atoms with Crippen LogP contribution in [0.5, 0.6) is 0 Å². The first kappa shape index (κ1) is 12.2. The Labute approximate surface area is 95.1 Å². The van der Waals surface area contributed by atoms with E-state index in [0.29, 0.717) is 0 Å². The number of alkyl halides is 3. The molecule has 1 aromatic heterocycles. The van der Waals surface area contributed by atoms with Crippen molar-refractivity contribution in [3.63, 3.8) is 0 Å². The van der Waals surface area contributed by atoms with Crippen molar-refractivity contribution < 1.29 is 23.1 Å². The number of hydrogen-bond acceptors (Lipinski definition) is 2. The summed E-state index contributed by atoms with van der Waals surface area (Å²) in [6.07, 6.45) is -3.81. The first-order valence-corrected chi connectivity index (χ1v) is 4.67. The van der Waals surface area contributed by atoms with Gasteiger partial charge in [0.1, 0.15) is 10.2 Å². The molecule has 0 atom stereocenters. The normalized spacial score (nSPS) is 11.5. The minimum Gasteiger partial charge on any atom is -0.478 e. The van der Waals surface area contributed by atoms with Crippen LogP contribution in [0.15, 0.2) is 10.7 Å². The highest BCUT2D eigenvalue weighted by molar-refractivity contribution is 9.10. The van der Waals surface area contributed by atoms with E-state index >= 15 is 0 Å². The number of nitrogens with one attached hydrogen (secondary N) is 1. The highest BCUT2D eigenvalue weighted by atomic mass is 79.9. The fraction of sp³-hybridized carbons (Fsp3) is 0.143. The Morgan fingerprint density at radius 2 is 2.07 bits per heavy atom. The van der Waals surface area contributed by atoms with Gasteiger partial charge in [-0.3, -0.25) is 0 Å². The van der Waals surface area contributed by atoms with Crippen LogP contribution in [0.2, 0.25) is 0 Å². The van der Waals surface area contributed by atoms with Crippen molar-refractivity contribution in [1.29, 1.82) is 0 Å². The van der Waals surface area contributed by atoms with E-state index in [1.54, 1.807) is 0 Å². The number of pyridine rings is 1. The Kier molecular flexibility index (Phi) is 3.19. The summed E-state index contributed by atoms with van der Waals surface area (Å²) in [5, 5.41) is 8.63. The summed E-state index contributed by atoms with van der Waals surface area (Å²) in [7, 11) is 0. The van der Waals surface area contributed by atoms with E-state index in [9.17, 15) is 18.0 Å². The van der Waals surface area contributed by atoms with Crippen molar-refractivity contribution in [3.05, 3.63) is 26.4 Å². The van der Waals surface area contributed by atoms with Crippen LogP contribution in [0.4, 0.5) is 13.2 Å². The molecule has 3 nitrogen and oxygen atoms in total. The van der Waals surface area contributed by atoms with Crippen molar-refractivity contribution >= 4 is 34.1 Å². The highest BCUT2D eigenvalue weighted by Crippen LogP contribution is 2.37. The molecule has 0 aromatic carbocycles. The summed E-state index contributed by atoms with van der Waals surface area (Å²) in [5.41, 5.74) is -2.23. The van der Waals surface area contributed by atoms with Crippen LogP contribution in [-0.4, -0.2) is 16.1 Å². The van der Waals surface area contributed by atoms with Gasteiger partial charge in [0, 0.05) is 10.7 Å². The molecule has 0 spiro atoms. The minimum absolute atomic E-state index is 0.388. The molecule has 8 heteroatoms. The Balaban J connectivity index is 3.68. The van der Waals surface area contributed by atoms with E-state index in [1.165, 1.54) is 0 Å². The SMILES string of the molecule is O=C(O)c1c(C(F)(F)F)c(Br)c[nH]c1=S. The monoisotopic (exact) mass is 301 g/mol. The van der Waals surface area contributed by atoms with Gasteiger partial charge in [-0.1, -0.05) is 12.2 Å². The second kappa shape index (κ2) is 3.93. The average Bonchev–Trinajstić information content (AvgIpc) is 2.05. The van der Waals surface area contributed by atoms with Gasteiger partial charge in [-0.15, -0.1) is 0 Å². The van der Waals surface area contributed by atoms with Crippen LogP contribution >= 0.6 is 28.1 Å². The molecule has 0 fully saturated rings. The summed E-state index contributed by atoms with van der Waals surface area (Å²) in [6, 6.07) is 0. The Morgan fingerprint density at radius 1 is 1.53 bits per heavy atom. The molecule has 0 amide bonds. The van der Waals surface area contributed by atoms with Crippen molar-refractivity contribution in [2.24, 2.45) is 0 Å². The molecule has 82 valence electrons. The fourth-order valence-electron chi connectivity index (χ4n) is 0.987. The Hall–Kier alpha value is -0.890. The van der Waals surface area contributed by atoms with Gasteiger partial charge >= 0.3 is 12.1 Å². The maximum atomic E-state index is 12.5.